The minimum absolute atomic E-state index is 0.173. The van der Waals surface area contributed by atoms with E-state index in [1.54, 1.807) is 60.7 Å². The van der Waals surface area contributed by atoms with E-state index in [4.69, 9.17) is 18.9 Å². The number of nitrogens with zero attached hydrogens (tertiary/aromatic N) is 1. The number of hydrazone groups is 1. The number of rotatable bonds is 15. The molecule has 0 saturated heterocycles. The molecule has 0 aromatic heterocycles. The highest BCUT2D eigenvalue weighted by atomic mass is 16.5. The molecule has 0 bridgehead atoms. The van der Waals surface area contributed by atoms with E-state index in [0.29, 0.717) is 30.3 Å². The van der Waals surface area contributed by atoms with Crippen LogP contribution in [0.3, 0.4) is 0 Å². The Hall–Kier alpha value is -4.33. The Labute approximate surface area is 223 Å². The summed E-state index contributed by atoms with van der Waals surface area (Å²) in [5.41, 5.74) is 3.57. The maximum absolute atomic E-state index is 12.4. The van der Waals surface area contributed by atoms with Crippen LogP contribution >= 0.6 is 0 Å². The van der Waals surface area contributed by atoms with Gasteiger partial charge in [0.2, 0.25) is 0 Å². The molecule has 0 spiro atoms. The van der Waals surface area contributed by atoms with Crippen LogP contribution in [0.4, 0.5) is 0 Å². The number of amides is 1. The van der Waals surface area contributed by atoms with E-state index in [1.807, 2.05) is 12.1 Å². The number of carbonyl (C=O) groups excluding carboxylic acids is 2. The van der Waals surface area contributed by atoms with Gasteiger partial charge in [0.05, 0.1) is 25.0 Å². The lowest BCUT2D eigenvalue weighted by Gasteiger charge is -2.08. The first kappa shape index (κ1) is 28.2. The number of carbonyl (C=O) groups is 2. The van der Waals surface area contributed by atoms with E-state index in [-0.39, 0.29) is 6.61 Å². The van der Waals surface area contributed by atoms with Gasteiger partial charge in [-0.2, -0.15) is 5.10 Å². The number of nitrogens with one attached hydrogen (secondary N) is 1. The topological polar surface area (TPSA) is 95.5 Å². The van der Waals surface area contributed by atoms with Gasteiger partial charge in [-0.25, -0.2) is 10.2 Å². The standard InChI is InChI=1S/C30H34N2O6/c1-3-5-19-35-25-13-9-24(10-14-25)30(34)38-28-11-7-23(8-12-28)21-31-32-29(33)22-37-27-17-15-26(16-18-27)36-20-6-4-2/h7-18,21H,3-6,19-20,22H2,1-2H3,(H,32,33). The molecule has 0 aliphatic heterocycles. The van der Waals surface area contributed by atoms with Crippen LogP contribution in [0.1, 0.15) is 55.5 Å². The second-order valence-corrected chi connectivity index (χ2v) is 8.44. The summed E-state index contributed by atoms with van der Waals surface area (Å²) >= 11 is 0. The Bertz CT molecular complexity index is 1160. The van der Waals surface area contributed by atoms with Gasteiger partial charge in [0, 0.05) is 0 Å². The predicted octanol–water partition coefficient (Wildman–Crippen LogP) is 5.79. The molecule has 1 amide bonds. The van der Waals surface area contributed by atoms with Crippen molar-refractivity contribution in [3.63, 3.8) is 0 Å². The first-order chi connectivity index (χ1) is 18.6. The molecule has 3 aromatic carbocycles. The molecule has 0 heterocycles. The lowest BCUT2D eigenvalue weighted by atomic mass is 10.2. The smallest absolute Gasteiger partial charge is 0.343 e. The van der Waals surface area contributed by atoms with Crippen molar-refractivity contribution in [2.75, 3.05) is 19.8 Å². The number of unbranched alkanes of at least 4 members (excludes halogenated alkanes) is 2. The zero-order valence-electron chi connectivity index (χ0n) is 21.9. The lowest BCUT2D eigenvalue weighted by Crippen LogP contribution is -2.24. The van der Waals surface area contributed by atoms with Crippen LogP contribution in [0.5, 0.6) is 23.0 Å². The fourth-order valence-corrected chi connectivity index (χ4v) is 3.14. The molecule has 38 heavy (non-hydrogen) atoms. The Morgan fingerprint density at radius 2 is 1.21 bits per heavy atom. The average molecular weight is 519 g/mol. The predicted molar refractivity (Wildman–Crippen MR) is 146 cm³/mol. The van der Waals surface area contributed by atoms with E-state index in [1.165, 1.54) is 6.21 Å². The summed E-state index contributed by atoms with van der Waals surface area (Å²) < 4.78 is 22.1. The fraction of sp³-hybridized carbons (Fsp3) is 0.300. The monoisotopic (exact) mass is 518 g/mol. The molecule has 8 nitrogen and oxygen atoms in total. The molecule has 3 rings (SSSR count). The van der Waals surface area contributed by atoms with Crippen molar-refractivity contribution in [1.82, 2.24) is 5.43 Å². The molecule has 0 saturated carbocycles. The number of hydrogen-bond acceptors (Lipinski definition) is 7. The van der Waals surface area contributed by atoms with Gasteiger partial charge < -0.3 is 18.9 Å². The largest absolute Gasteiger partial charge is 0.494 e. The van der Waals surface area contributed by atoms with Crippen LogP contribution in [-0.2, 0) is 4.79 Å². The fourth-order valence-electron chi connectivity index (χ4n) is 3.14. The molecule has 0 aliphatic carbocycles. The van der Waals surface area contributed by atoms with E-state index in [2.05, 4.69) is 24.4 Å². The lowest BCUT2D eigenvalue weighted by molar-refractivity contribution is -0.123. The summed E-state index contributed by atoms with van der Waals surface area (Å²) in [6, 6.07) is 20.7. The van der Waals surface area contributed by atoms with Gasteiger partial charge in [0.25, 0.3) is 5.91 Å². The Balaban J connectivity index is 1.39. The van der Waals surface area contributed by atoms with Crippen molar-refractivity contribution in [3.05, 3.63) is 83.9 Å². The molecule has 0 radical (unpaired) electrons. The number of esters is 1. The van der Waals surface area contributed by atoms with E-state index >= 15 is 0 Å². The van der Waals surface area contributed by atoms with Crippen molar-refractivity contribution >= 4 is 18.1 Å². The maximum atomic E-state index is 12.4. The zero-order valence-corrected chi connectivity index (χ0v) is 21.9. The quantitative estimate of drug-likeness (QED) is 0.0899. The molecule has 3 aromatic rings. The van der Waals surface area contributed by atoms with Gasteiger partial charge in [-0.05, 0) is 91.2 Å². The third-order valence-corrected chi connectivity index (χ3v) is 5.31. The molecular weight excluding hydrogens is 484 g/mol. The first-order valence-electron chi connectivity index (χ1n) is 12.8. The molecule has 0 aliphatic rings. The van der Waals surface area contributed by atoms with E-state index in [9.17, 15) is 9.59 Å². The SMILES string of the molecule is CCCCOc1ccc(OCC(=O)NN=Cc2ccc(OC(=O)c3ccc(OCCCC)cc3)cc2)cc1. The summed E-state index contributed by atoms with van der Waals surface area (Å²) in [6.07, 6.45) is 5.61. The molecule has 0 atom stereocenters. The third kappa shape index (κ3) is 9.97. The van der Waals surface area contributed by atoms with Crippen molar-refractivity contribution in [3.8, 4) is 23.0 Å². The normalized spacial score (nSPS) is 10.7. The highest BCUT2D eigenvalue weighted by Gasteiger charge is 2.09. The van der Waals surface area contributed by atoms with Crippen LogP contribution in [-0.4, -0.2) is 37.9 Å². The van der Waals surface area contributed by atoms with Crippen LogP contribution < -0.4 is 24.4 Å². The van der Waals surface area contributed by atoms with Crippen molar-refractivity contribution in [2.45, 2.75) is 39.5 Å². The minimum atomic E-state index is -0.461. The molecule has 0 fully saturated rings. The summed E-state index contributed by atoms with van der Waals surface area (Å²) in [5, 5.41) is 3.94. The Morgan fingerprint density at radius 1 is 0.711 bits per heavy atom. The van der Waals surface area contributed by atoms with Gasteiger partial charge in [-0.1, -0.05) is 26.7 Å². The Kier molecular flexibility index (Phi) is 11.7. The highest BCUT2D eigenvalue weighted by Crippen LogP contribution is 2.18. The highest BCUT2D eigenvalue weighted by molar-refractivity contribution is 5.91. The van der Waals surface area contributed by atoms with Gasteiger partial charge in [0.15, 0.2) is 6.61 Å². The summed E-state index contributed by atoms with van der Waals surface area (Å²) in [5.74, 6) is 1.60. The van der Waals surface area contributed by atoms with Crippen molar-refractivity contribution < 1.29 is 28.5 Å². The van der Waals surface area contributed by atoms with Crippen molar-refractivity contribution in [1.29, 1.82) is 0 Å². The molecule has 200 valence electrons. The number of benzene rings is 3. The third-order valence-electron chi connectivity index (χ3n) is 5.31. The maximum Gasteiger partial charge on any atom is 0.343 e. The second kappa shape index (κ2) is 15.7. The summed E-state index contributed by atoms with van der Waals surface area (Å²) in [6.45, 7) is 5.36. The Morgan fingerprint density at radius 3 is 1.76 bits per heavy atom. The average Bonchev–Trinajstić information content (AvgIpc) is 2.94. The van der Waals surface area contributed by atoms with Gasteiger partial charge in [-0.3, -0.25) is 4.79 Å². The number of ether oxygens (including phenoxy) is 4. The summed E-state index contributed by atoms with van der Waals surface area (Å²) in [4.78, 5) is 24.4. The van der Waals surface area contributed by atoms with Crippen LogP contribution in [0.15, 0.2) is 77.9 Å². The first-order valence-corrected chi connectivity index (χ1v) is 12.8. The molecule has 8 heteroatoms. The molecule has 0 unspecified atom stereocenters. The minimum Gasteiger partial charge on any atom is -0.494 e. The van der Waals surface area contributed by atoms with Crippen LogP contribution in [0, 0.1) is 0 Å². The summed E-state index contributed by atoms with van der Waals surface area (Å²) in [7, 11) is 0. The van der Waals surface area contributed by atoms with E-state index < -0.39 is 11.9 Å². The second-order valence-electron chi connectivity index (χ2n) is 8.44. The molecular formula is C30H34N2O6. The van der Waals surface area contributed by atoms with Crippen molar-refractivity contribution in [2.24, 2.45) is 5.10 Å². The molecule has 1 N–H and O–H groups in total. The van der Waals surface area contributed by atoms with Crippen LogP contribution in [0.25, 0.3) is 0 Å². The number of hydrogen-bond donors (Lipinski definition) is 1. The van der Waals surface area contributed by atoms with E-state index in [0.717, 1.165) is 42.7 Å². The zero-order chi connectivity index (χ0) is 27.0. The van der Waals surface area contributed by atoms with Gasteiger partial charge in [-0.15, -0.1) is 0 Å². The van der Waals surface area contributed by atoms with Gasteiger partial charge >= 0.3 is 5.97 Å². The van der Waals surface area contributed by atoms with Crippen LogP contribution in [0.2, 0.25) is 0 Å². The van der Waals surface area contributed by atoms with Gasteiger partial charge in [0.1, 0.15) is 23.0 Å².